The molecule has 0 saturated carbocycles. The van der Waals surface area contributed by atoms with Crippen molar-refractivity contribution in [2.24, 2.45) is 5.92 Å². The van der Waals surface area contributed by atoms with Crippen LogP contribution < -0.4 is 0 Å². The minimum absolute atomic E-state index is 0.0164. The minimum atomic E-state index is -0.152. The van der Waals surface area contributed by atoms with E-state index in [4.69, 9.17) is 5.11 Å². The molecule has 0 aromatic rings. The molecule has 0 spiro atoms. The molecular formula is C11H19NO3S. The van der Waals surface area contributed by atoms with Crippen molar-refractivity contribution in [1.82, 2.24) is 4.90 Å². The second kappa shape index (κ2) is 6.25. The number of nitrogens with zero attached hydrogens (tertiary/aromatic N) is 1. The van der Waals surface area contributed by atoms with Gasteiger partial charge in [-0.15, -0.1) is 0 Å². The molecular weight excluding hydrogens is 226 g/mol. The number of thioether (sulfide) groups is 1. The summed E-state index contributed by atoms with van der Waals surface area (Å²) < 4.78 is 0. The molecule has 5 heteroatoms. The van der Waals surface area contributed by atoms with E-state index in [2.05, 4.69) is 0 Å². The van der Waals surface area contributed by atoms with E-state index in [0.29, 0.717) is 5.75 Å². The zero-order valence-electron chi connectivity index (χ0n) is 9.81. The van der Waals surface area contributed by atoms with Gasteiger partial charge in [-0.1, -0.05) is 18.7 Å². The molecule has 0 aromatic heterocycles. The molecule has 92 valence electrons. The van der Waals surface area contributed by atoms with Crippen molar-refractivity contribution in [1.29, 1.82) is 0 Å². The SMILES string of the molecule is CC(=O)SC[C@H](C)C(=O)N1CCC[C@H]1CO. The lowest BCUT2D eigenvalue weighted by Gasteiger charge is -2.25. The van der Waals surface area contributed by atoms with Gasteiger partial charge in [0.1, 0.15) is 0 Å². The predicted molar refractivity (Wildman–Crippen MR) is 64.1 cm³/mol. The maximum Gasteiger partial charge on any atom is 0.226 e. The minimum Gasteiger partial charge on any atom is -0.394 e. The molecule has 0 aromatic carbocycles. The van der Waals surface area contributed by atoms with Crippen LogP contribution in [0.2, 0.25) is 0 Å². The summed E-state index contributed by atoms with van der Waals surface area (Å²) in [6, 6.07) is -0.0164. The fourth-order valence-electron chi connectivity index (χ4n) is 1.91. The zero-order valence-corrected chi connectivity index (χ0v) is 10.6. The first-order chi connectivity index (χ1) is 7.56. The number of carbonyl (C=O) groups is 2. The summed E-state index contributed by atoms with van der Waals surface area (Å²) in [5.41, 5.74) is 0. The Labute approximate surface area is 100 Å². The maximum absolute atomic E-state index is 12.0. The average Bonchev–Trinajstić information content (AvgIpc) is 2.72. The highest BCUT2D eigenvalue weighted by Gasteiger charge is 2.30. The van der Waals surface area contributed by atoms with Crippen molar-refractivity contribution >= 4 is 22.8 Å². The van der Waals surface area contributed by atoms with Crippen LogP contribution in [0.1, 0.15) is 26.7 Å². The van der Waals surface area contributed by atoms with Gasteiger partial charge in [0.25, 0.3) is 0 Å². The van der Waals surface area contributed by atoms with Crippen LogP contribution in [0.4, 0.5) is 0 Å². The molecule has 2 atom stereocenters. The van der Waals surface area contributed by atoms with E-state index in [1.54, 1.807) is 4.90 Å². The number of hydrogen-bond donors (Lipinski definition) is 1. The number of hydrogen-bond acceptors (Lipinski definition) is 4. The van der Waals surface area contributed by atoms with Gasteiger partial charge in [-0.3, -0.25) is 9.59 Å². The topological polar surface area (TPSA) is 57.6 Å². The van der Waals surface area contributed by atoms with Crippen LogP contribution in [0.5, 0.6) is 0 Å². The largest absolute Gasteiger partial charge is 0.394 e. The van der Waals surface area contributed by atoms with Crippen molar-refractivity contribution in [3.63, 3.8) is 0 Å². The number of amides is 1. The van der Waals surface area contributed by atoms with E-state index in [0.717, 1.165) is 19.4 Å². The highest BCUT2D eigenvalue weighted by Crippen LogP contribution is 2.21. The number of likely N-dealkylation sites (tertiary alicyclic amines) is 1. The molecule has 1 amide bonds. The fourth-order valence-corrected chi connectivity index (χ4v) is 2.54. The van der Waals surface area contributed by atoms with Gasteiger partial charge in [-0.2, -0.15) is 0 Å². The Morgan fingerprint density at radius 1 is 1.56 bits per heavy atom. The van der Waals surface area contributed by atoms with E-state index < -0.39 is 0 Å². The first kappa shape index (κ1) is 13.5. The lowest BCUT2D eigenvalue weighted by atomic mass is 10.1. The Morgan fingerprint density at radius 3 is 2.81 bits per heavy atom. The molecule has 1 fully saturated rings. The van der Waals surface area contributed by atoms with Gasteiger partial charge in [0.2, 0.25) is 5.91 Å². The summed E-state index contributed by atoms with van der Waals surface area (Å²) in [5.74, 6) is 0.439. The van der Waals surface area contributed by atoms with E-state index in [1.165, 1.54) is 18.7 Å². The van der Waals surface area contributed by atoms with Crippen LogP contribution in [0.3, 0.4) is 0 Å². The number of aliphatic hydroxyl groups is 1. The molecule has 1 aliphatic heterocycles. The third-order valence-electron chi connectivity index (χ3n) is 2.83. The second-order valence-electron chi connectivity index (χ2n) is 4.21. The number of aliphatic hydroxyl groups excluding tert-OH is 1. The molecule has 1 heterocycles. The summed E-state index contributed by atoms with van der Waals surface area (Å²) >= 11 is 1.19. The Kier molecular flexibility index (Phi) is 5.28. The third kappa shape index (κ3) is 3.49. The molecule has 1 aliphatic rings. The lowest BCUT2D eigenvalue weighted by molar-refractivity contribution is -0.135. The van der Waals surface area contributed by atoms with Crippen LogP contribution >= 0.6 is 11.8 Å². The maximum atomic E-state index is 12.0. The fraction of sp³-hybridized carbons (Fsp3) is 0.818. The molecule has 4 nitrogen and oxygen atoms in total. The van der Waals surface area contributed by atoms with Crippen molar-refractivity contribution < 1.29 is 14.7 Å². The molecule has 16 heavy (non-hydrogen) atoms. The standard InChI is InChI=1S/C11H19NO3S/c1-8(7-16-9(2)14)11(15)12-5-3-4-10(12)6-13/h8,10,13H,3-7H2,1-2H3/t8-,10-/m0/s1. The van der Waals surface area contributed by atoms with Crippen LogP contribution in [-0.2, 0) is 9.59 Å². The van der Waals surface area contributed by atoms with Crippen molar-refractivity contribution in [2.75, 3.05) is 18.9 Å². The van der Waals surface area contributed by atoms with E-state index in [-0.39, 0.29) is 29.6 Å². The van der Waals surface area contributed by atoms with Crippen molar-refractivity contribution in [3.05, 3.63) is 0 Å². The molecule has 0 bridgehead atoms. The Hall–Kier alpha value is -0.550. The normalized spacial score (nSPS) is 22.2. The van der Waals surface area contributed by atoms with Gasteiger partial charge in [0.15, 0.2) is 5.12 Å². The monoisotopic (exact) mass is 245 g/mol. The summed E-state index contributed by atoms with van der Waals surface area (Å²) in [5, 5.41) is 9.17. The molecule has 1 rings (SSSR count). The van der Waals surface area contributed by atoms with Crippen LogP contribution in [0.15, 0.2) is 0 Å². The van der Waals surface area contributed by atoms with Gasteiger partial charge in [-0.25, -0.2) is 0 Å². The van der Waals surface area contributed by atoms with Crippen LogP contribution in [0.25, 0.3) is 0 Å². The Balaban J connectivity index is 2.46. The molecule has 0 aliphatic carbocycles. The molecule has 0 unspecified atom stereocenters. The lowest BCUT2D eigenvalue weighted by Crippen LogP contribution is -2.41. The van der Waals surface area contributed by atoms with E-state index >= 15 is 0 Å². The predicted octanol–water partition coefficient (Wildman–Crippen LogP) is 0.885. The highest BCUT2D eigenvalue weighted by molar-refractivity contribution is 8.13. The van der Waals surface area contributed by atoms with Gasteiger partial charge in [0, 0.05) is 25.1 Å². The van der Waals surface area contributed by atoms with Gasteiger partial charge in [-0.05, 0) is 12.8 Å². The second-order valence-corrected chi connectivity index (χ2v) is 5.41. The smallest absolute Gasteiger partial charge is 0.226 e. The summed E-state index contributed by atoms with van der Waals surface area (Å²) in [6.07, 6.45) is 1.85. The number of rotatable bonds is 4. The zero-order chi connectivity index (χ0) is 12.1. The first-order valence-corrected chi connectivity index (χ1v) is 6.59. The average molecular weight is 245 g/mol. The summed E-state index contributed by atoms with van der Waals surface area (Å²) in [4.78, 5) is 24.6. The highest BCUT2D eigenvalue weighted by atomic mass is 32.2. The summed E-state index contributed by atoms with van der Waals surface area (Å²) in [6.45, 7) is 4.12. The quantitative estimate of drug-likeness (QED) is 0.799. The molecule has 0 radical (unpaired) electrons. The molecule has 1 N–H and O–H groups in total. The van der Waals surface area contributed by atoms with Crippen molar-refractivity contribution in [2.45, 2.75) is 32.7 Å². The van der Waals surface area contributed by atoms with E-state index in [1.807, 2.05) is 6.92 Å². The van der Waals surface area contributed by atoms with Gasteiger partial charge in [0.05, 0.1) is 12.6 Å². The van der Waals surface area contributed by atoms with Crippen LogP contribution in [0, 0.1) is 5.92 Å². The van der Waals surface area contributed by atoms with Gasteiger partial charge >= 0.3 is 0 Å². The first-order valence-electron chi connectivity index (χ1n) is 5.61. The number of carbonyl (C=O) groups excluding carboxylic acids is 2. The van der Waals surface area contributed by atoms with E-state index in [9.17, 15) is 9.59 Å². The van der Waals surface area contributed by atoms with Crippen LogP contribution in [-0.4, -0.2) is 46.0 Å². The van der Waals surface area contributed by atoms with Crippen molar-refractivity contribution in [3.8, 4) is 0 Å². The Bertz CT molecular complexity index is 270. The Morgan fingerprint density at radius 2 is 2.25 bits per heavy atom. The molecule has 1 saturated heterocycles. The third-order valence-corrected chi connectivity index (χ3v) is 3.90. The summed E-state index contributed by atoms with van der Waals surface area (Å²) in [7, 11) is 0. The van der Waals surface area contributed by atoms with Gasteiger partial charge < -0.3 is 10.0 Å².